The van der Waals surface area contributed by atoms with Crippen LogP contribution < -0.4 is 4.90 Å². The maximum absolute atomic E-state index is 12.0. The molecule has 0 amide bonds. The summed E-state index contributed by atoms with van der Waals surface area (Å²) in [4.78, 5) is 18.1. The van der Waals surface area contributed by atoms with Crippen LogP contribution in [0.1, 0.15) is 24.2 Å². The van der Waals surface area contributed by atoms with Gasteiger partial charge in [0.1, 0.15) is 0 Å². The van der Waals surface area contributed by atoms with Crippen molar-refractivity contribution in [1.82, 2.24) is 0 Å². The highest BCUT2D eigenvalue weighted by atomic mass is 32.2. The fourth-order valence-electron chi connectivity index (χ4n) is 2.98. The number of fused-ring (bicyclic) bond motifs is 1. The van der Waals surface area contributed by atoms with E-state index >= 15 is 0 Å². The van der Waals surface area contributed by atoms with E-state index in [0.717, 1.165) is 22.2 Å². The van der Waals surface area contributed by atoms with Crippen LogP contribution in [-0.4, -0.2) is 48.7 Å². The van der Waals surface area contributed by atoms with Crippen molar-refractivity contribution in [3.63, 3.8) is 0 Å². The van der Waals surface area contributed by atoms with E-state index < -0.39 is 9.84 Å². The summed E-state index contributed by atoms with van der Waals surface area (Å²) in [5.74, 6) is 0.978. The second-order valence-electron chi connectivity index (χ2n) is 6.34. The number of carbonyl (C=O) groups excluding carboxylic acids is 1. The van der Waals surface area contributed by atoms with E-state index in [4.69, 9.17) is 0 Å². The Kier molecular flexibility index (Phi) is 4.57. The van der Waals surface area contributed by atoms with Gasteiger partial charge in [0.25, 0.3) is 0 Å². The first-order chi connectivity index (χ1) is 11.3. The quantitative estimate of drug-likeness (QED) is 0.607. The number of hydrogen-bond acceptors (Lipinski definition) is 6. The smallest absolute Gasteiger partial charge is 0.164 e. The van der Waals surface area contributed by atoms with Gasteiger partial charge in [-0.15, -0.1) is 0 Å². The molecule has 0 bridgehead atoms. The van der Waals surface area contributed by atoms with Gasteiger partial charge in [-0.25, -0.2) is 8.42 Å². The van der Waals surface area contributed by atoms with E-state index in [2.05, 4.69) is 11.6 Å². The van der Waals surface area contributed by atoms with Gasteiger partial charge in [-0.2, -0.15) is 0 Å². The second-order valence-corrected chi connectivity index (χ2v) is 9.44. The molecule has 2 aliphatic rings. The molecule has 2 atom stereocenters. The van der Waals surface area contributed by atoms with E-state index in [9.17, 15) is 13.2 Å². The Labute approximate surface area is 146 Å². The number of benzene rings is 1. The molecule has 1 aromatic rings. The Morgan fingerprint density at radius 3 is 2.54 bits per heavy atom. The van der Waals surface area contributed by atoms with Gasteiger partial charge in [0.15, 0.2) is 20.8 Å². The SMILES string of the molecule is C=C(C)CSC1=N[C@H]2CS(=O)(=O)C[C@@H]2N1c1ccc(C(C)=O)cc1. The van der Waals surface area contributed by atoms with Gasteiger partial charge in [0.05, 0.1) is 23.6 Å². The Morgan fingerprint density at radius 1 is 1.29 bits per heavy atom. The minimum Gasteiger partial charge on any atom is -0.315 e. The summed E-state index contributed by atoms with van der Waals surface area (Å²) in [6, 6.07) is 6.90. The van der Waals surface area contributed by atoms with E-state index in [1.54, 1.807) is 23.9 Å². The van der Waals surface area contributed by atoms with Crippen LogP contribution in [0.3, 0.4) is 0 Å². The standard InChI is InChI=1S/C17H20N2O3S2/c1-11(2)8-23-17-18-15-9-24(21,22)10-16(15)19(17)14-6-4-13(5-7-14)12(3)20/h4-7,15-16H,1,8-10H2,2-3H3/t15-,16-/m0/s1. The zero-order valence-electron chi connectivity index (χ0n) is 13.7. The van der Waals surface area contributed by atoms with Gasteiger partial charge < -0.3 is 4.90 Å². The highest BCUT2D eigenvalue weighted by Gasteiger charge is 2.47. The molecule has 24 heavy (non-hydrogen) atoms. The molecule has 7 heteroatoms. The lowest BCUT2D eigenvalue weighted by Crippen LogP contribution is -2.39. The number of nitrogens with zero attached hydrogens (tertiary/aromatic N) is 2. The molecule has 2 aliphatic heterocycles. The molecule has 0 unspecified atom stereocenters. The van der Waals surface area contributed by atoms with Crippen LogP contribution in [0.25, 0.3) is 0 Å². The Balaban J connectivity index is 1.93. The first-order valence-corrected chi connectivity index (χ1v) is 10.5. The van der Waals surface area contributed by atoms with Gasteiger partial charge in [-0.05, 0) is 38.1 Å². The van der Waals surface area contributed by atoms with E-state index in [0.29, 0.717) is 5.56 Å². The molecular weight excluding hydrogens is 344 g/mol. The highest BCUT2D eigenvalue weighted by Crippen LogP contribution is 2.35. The maximum Gasteiger partial charge on any atom is 0.164 e. The maximum atomic E-state index is 12.0. The number of ketones is 1. The number of aliphatic imine (C=N–C) groups is 1. The molecule has 5 nitrogen and oxygen atoms in total. The van der Waals surface area contributed by atoms with Gasteiger partial charge >= 0.3 is 0 Å². The number of hydrogen-bond donors (Lipinski definition) is 0. The van der Waals surface area contributed by atoms with Crippen molar-refractivity contribution in [1.29, 1.82) is 0 Å². The Bertz CT molecular complexity index is 813. The number of anilines is 1. The molecule has 1 aromatic carbocycles. The number of amidine groups is 1. The summed E-state index contributed by atoms with van der Waals surface area (Å²) < 4.78 is 24.0. The van der Waals surface area contributed by atoms with Crippen molar-refractivity contribution in [2.45, 2.75) is 25.9 Å². The van der Waals surface area contributed by atoms with E-state index in [1.807, 2.05) is 24.0 Å². The molecule has 0 spiro atoms. The van der Waals surface area contributed by atoms with Crippen LogP contribution >= 0.6 is 11.8 Å². The first kappa shape index (κ1) is 17.2. The number of Topliss-reactive ketones (excluding diaryl/α,β-unsaturated/α-hetero) is 1. The number of rotatable bonds is 4. The lowest BCUT2D eigenvalue weighted by Gasteiger charge is -2.26. The minimum absolute atomic E-state index is 0.00911. The van der Waals surface area contributed by atoms with Gasteiger partial charge in [0.2, 0.25) is 0 Å². The van der Waals surface area contributed by atoms with Crippen LogP contribution in [0.15, 0.2) is 41.4 Å². The summed E-state index contributed by atoms with van der Waals surface area (Å²) in [5.41, 5.74) is 2.55. The van der Waals surface area contributed by atoms with Gasteiger partial charge in [0, 0.05) is 17.0 Å². The van der Waals surface area contributed by atoms with Crippen molar-refractivity contribution in [3.8, 4) is 0 Å². The van der Waals surface area contributed by atoms with Crippen molar-refractivity contribution >= 4 is 38.2 Å². The van der Waals surface area contributed by atoms with Crippen LogP contribution in [0.4, 0.5) is 5.69 Å². The lowest BCUT2D eigenvalue weighted by atomic mass is 10.1. The predicted octanol–water partition coefficient (Wildman–Crippen LogP) is 2.54. The van der Waals surface area contributed by atoms with Crippen LogP contribution in [-0.2, 0) is 9.84 Å². The number of thioether (sulfide) groups is 1. The lowest BCUT2D eigenvalue weighted by molar-refractivity contribution is 0.101. The third-order valence-corrected chi connectivity index (χ3v) is 7.00. The number of sulfone groups is 1. The van der Waals surface area contributed by atoms with Crippen molar-refractivity contribution in [2.24, 2.45) is 4.99 Å². The normalized spacial score (nSPS) is 24.6. The molecule has 0 aliphatic carbocycles. The summed E-state index contributed by atoms with van der Waals surface area (Å²) in [6.45, 7) is 7.40. The third-order valence-electron chi connectivity index (χ3n) is 4.11. The highest BCUT2D eigenvalue weighted by molar-refractivity contribution is 8.14. The number of carbonyl (C=O) groups is 1. The van der Waals surface area contributed by atoms with Crippen molar-refractivity contribution < 1.29 is 13.2 Å². The van der Waals surface area contributed by atoms with Crippen LogP contribution in [0.5, 0.6) is 0 Å². The molecular formula is C17H20N2O3S2. The monoisotopic (exact) mass is 364 g/mol. The summed E-state index contributed by atoms with van der Waals surface area (Å²) in [6.07, 6.45) is 0. The molecule has 2 heterocycles. The third kappa shape index (κ3) is 3.42. The fraction of sp³-hybridized carbons (Fsp3) is 0.412. The minimum atomic E-state index is -3.05. The summed E-state index contributed by atoms with van der Waals surface area (Å²) >= 11 is 1.58. The largest absolute Gasteiger partial charge is 0.315 e. The van der Waals surface area contributed by atoms with Gasteiger partial charge in [-0.1, -0.05) is 23.9 Å². The molecule has 128 valence electrons. The van der Waals surface area contributed by atoms with Crippen molar-refractivity contribution in [3.05, 3.63) is 42.0 Å². The Hall–Kier alpha value is -1.60. The molecule has 0 saturated carbocycles. The van der Waals surface area contributed by atoms with Crippen LogP contribution in [0, 0.1) is 0 Å². The topological polar surface area (TPSA) is 66.8 Å². The second kappa shape index (κ2) is 6.37. The van der Waals surface area contributed by atoms with E-state index in [1.165, 1.54) is 6.92 Å². The fourth-order valence-corrected chi connectivity index (χ4v) is 5.79. The summed E-state index contributed by atoms with van der Waals surface area (Å²) in [7, 11) is -3.05. The average Bonchev–Trinajstić information content (AvgIpc) is 2.96. The Morgan fingerprint density at radius 2 is 1.96 bits per heavy atom. The van der Waals surface area contributed by atoms with Gasteiger partial charge in [-0.3, -0.25) is 9.79 Å². The molecule has 0 aromatic heterocycles. The molecule has 1 fully saturated rings. The van der Waals surface area contributed by atoms with E-state index in [-0.39, 0.29) is 29.4 Å². The summed E-state index contributed by atoms with van der Waals surface area (Å²) in [5, 5.41) is 0.832. The van der Waals surface area contributed by atoms with Crippen molar-refractivity contribution in [2.75, 3.05) is 22.2 Å². The molecule has 1 saturated heterocycles. The van der Waals surface area contributed by atoms with Crippen LogP contribution in [0.2, 0.25) is 0 Å². The molecule has 0 N–H and O–H groups in total. The predicted molar refractivity (Wildman–Crippen MR) is 99.9 cm³/mol. The zero-order valence-corrected chi connectivity index (χ0v) is 15.4. The average molecular weight is 364 g/mol. The molecule has 3 rings (SSSR count). The first-order valence-electron chi connectivity index (χ1n) is 7.72. The molecule has 0 radical (unpaired) electrons. The zero-order chi connectivity index (χ0) is 17.5.